The van der Waals surface area contributed by atoms with Crippen molar-refractivity contribution in [3.8, 4) is 5.75 Å². The van der Waals surface area contributed by atoms with Crippen molar-refractivity contribution in [2.75, 3.05) is 5.75 Å². The smallest absolute Gasteiger partial charge is 0.257 e. The first-order chi connectivity index (χ1) is 15.2. The van der Waals surface area contributed by atoms with Crippen LogP contribution in [0, 0.1) is 6.92 Å². The van der Waals surface area contributed by atoms with E-state index in [0.717, 1.165) is 22.4 Å². The van der Waals surface area contributed by atoms with Gasteiger partial charge in [0.25, 0.3) is 11.1 Å². The Labute approximate surface area is 184 Å². The molecular weight excluding hydrogens is 410 g/mol. The van der Waals surface area contributed by atoms with Gasteiger partial charge in [-0.25, -0.2) is 10.4 Å². The van der Waals surface area contributed by atoms with Crippen molar-refractivity contribution < 1.29 is 13.9 Å². The predicted molar refractivity (Wildman–Crippen MR) is 122 cm³/mol. The van der Waals surface area contributed by atoms with Gasteiger partial charge in [-0.05, 0) is 42.3 Å². The number of para-hydroxylation sites is 2. The zero-order valence-corrected chi connectivity index (χ0v) is 17.8. The number of rotatable bonds is 8. The van der Waals surface area contributed by atoms with Crippen LogP contribution in [0.1, 0.15) is 16.7 Å². The maximum atomic E-state index is 12.0. The summed E-state index contributed by atoms with van der Waals surface area (Å²) in [5, 5.41) is 4.48. The second kappa shape index (κ2) is 9.95. The molecule has 0 radical (unpaired) electrons. The summed E-state index contributed by atoms with van der Waals surface area (Å²) in [5.41, 5.74) is 7.14. The Bertz CT molecular complexity index is 1170. The number of hydrogen-bond donors (Lipinski definition) is 1. The molecule has 0 saturated heterocycles. The number of carbonyl (C=O) groups is 1. The Kier molecular flexibility index (Phi) is 6.64. The zero-order chi connectivity index (χ0) is 21.5. The molecule has 1 aromatic heterocycles. The fraction of sp³-hybridized carbons (Fsp3) is 0.125. The maximum absolute atomic E-state index is 12.0. The van der Waals surface area contributed by atoms with Gasteiger partial charge in [0.05, 0.1) is 12.0 Å². The second-order valence-electron chi connectivity index (χ2n) is 6.88. The first-order valence-electron chi connectivity index (χ1n) is 9.74. The van der Waals surface area contributed by atoms with Crippen LogP contribution in [-0.4, -0.2) is 22.9 Å². The fourth-order valence-corrected chi connectivity index (χ4v) is 3.42. The molecule has 0 spiro atoms. The molecule has 0 atom stereocenters. The lowest BCUT2D eigenvalue weighted by Crippen LogP contribution is -2.19. The molecule has 31 heavy (non-hydrogen) atoms. The summed E-state index contributed by atoms with van der Waals surface area (Å²) in [5.74, 6) is 0.654. The molecule has 4 aromatic rings. The highest BCUT2D eigenvalue weighted by molar-refractivity contribution is 7.99. The Morgan fingerprint density at radius 3 is 2.81 bits per heavy atom. The summed E-state index contributed by atoms with van der Waals surface area (Å²) in [7, 11) is 0. The molecule has 156 valence electrons. The monoisotopic (exact) mass is 431 g/mol. The summed E-state index contributed by atoms with van der Waals surface area (Å²) in [4.78, 5) is 16.4. The van der Waals surface area contributed by atoms with Crippen molar-refractivity contribution in [2.24, 2.45) is 5.10 Å². The standard InChI is InChI=1S/C24H21N3O3S/c1-17-9-11-18(12-10-17)15-29-20-6-4-5-19(13-20)14-25-27-23(28)16-31-24-26-21-7-2-3-8-22(21)30-24/h2-14H,15-16H2,1H3,(H,27,28). The van der Waals surface area contributed by atoms with Gasteiger partial charge in [-0.1, -0.05) is 65.9 Å². The van der Waals surface area contributed by atoms with Gasteiger partial charge in [0.15, 0.2) is 5.58 Å². The van der Waals surface area contributed by atoms with E-state index in [2.05, 4.69) is 46.7 Å². The number of aromatic nitrogens is 1. The Balaban J connectivity index is 1.25. The van der Waals surface area contributed by atoms with Crippen LogP contribution >= 0.6 is 11.8 Å². The second-order valence-corrected chi connectivity index (χ2v) is 7.80. The highest BCUT2D eigenvalue weighted by Crippen LogP contribution is 2.22. The maximum Gasteiger partial charge on any atom is 0.257 e. The summed E-state index contributed by atoms with van der Waals surface area (Å²) in [6.07, 6.45) is 1.58. The Morgan fingerprint density at radius 1 is 1.13 bits per heavy atom. The van der Waals surface area contributed by atoms with Gasteiger partial charge in [0.2, 0.25) is 0 Å². The molecular formula is C24H21N3O3S. The molecule has 4 rings (SSSR count). The molecule has 0 aliphatic carbocycles. The van der Waals surface area contributed by atoms with Gasteiger partial charge < -0.3 is 9.15 Å². The number of fused-ring (bicyclic) bond motifs is 1. The van der Waals surface area contributed by atoms with Crippen molar-refractivity contribution >= 4 is 35.0 Å². The molecule has 0 unspecified atom stereocenters. The van der Waals surface area contributed by atoms with Crippen LogP contribution in [-0.2, 0) is 11.4 Å². The lowest BCUT2D eigenvalue weighted by molar-refractivity contribution is -0.118. The van der Waals surface area contributed by atoms with E-state index in [4.69, 9.17) is 9.15 Å². The van der Waals surface area contributed by atoms with Crippen molar-refractivity contribution in [3.05, 3.63) is 89.5 Å². The molecule has 6 nitrogen and oxygen atoms in total. The van der Waals surface area contributed by atoms with Gasteiger partial charge in [-0.3, -0.25) is 4.79 Å². The number of thioether (sulfide) groups is 1. The molecule has 0 fully saturated rings. The van der Waals surface area contributed by atoms with Gasteiger partial charge in [0.1, 0.15) is 17.9 Å². The third-order valence-electron chi connectivity index (χ3n) is 4.39. The number of oxazole rings is 1. The highest BCUT2D eigenvalue weighted by atomic mass is 32.2. The van der Waals surface area contributed by atoms with Gasteiger partial charge >= 0.3 is 0 Å². The molecule has 0 aliphatic rings. The van der Waals surface area contributed by atoms with Crippen LogP contribution in [0.15, 0.2) is 87.5 Å². The van der Waals surface area contributed by atoms with Crippen LogP contribution in [0.3, 0.4) is 0 Å². The van der Waals surface area contributed by atoms with E-state index in [9.17, 15) is 4.79 Å². The normalized spacial score (nSPS) is 11.1. The lowest BCUT2D eigenvalue weighted by atomic mass is 10.2. The quantitative estimate of drug-likeness (QED) is 0.242. The number of hydrogen-bond acceptors (Lipinski definition) is 6. The lowest BCUT2D eigenvalue weighted by Gasteiger charge is -2.07. The van der Waals surface area contributed by atoms with E-state index in [1.54, 1.807) is 6.21 Å². The van der Waals surface area contributed by atoms with Gasteiger partial charge in [-0.2, -0.15) is 5.10 Å². The van der Waals surface area contributed by atoms with E-state index in [1.165, 1.54) is 17.3 Å². The number of hydrazone groups is 1. The molecule has 7 heteroatoms. The minimum absolute atomic E-state index is 0.157. The molecule has 3 aromatic carbocycles. The molecule has 0 saturated carbocycles. The van der Waals surface area contributed by atoms with E-state index in [-0.39, 0.29) is 11.7 Å². The summed E-state index contributed by atoms with van der Waals surface area (Å²) in [6, 6.07) is 23.2. The first-order valence-corrected chi connectivity index (χ1v) is 10.7. The summed E-state index contributed by atoms with van der Waals surface area (Å²) in [6.45, 7) is 2.55. The average Bonchev–Trinajstić information content (AvgIpc) is 3.21. The minimum atomic E-state index is -0.240. The Morgan fingerprint density at radius 2 is 1.97 bits per heavy atom. The molecule has 0 bridgehead atoms. The molecule has 1 amide bonds. The van der Waals surface area contributed by atoms with E-state index in [0.29, 0.717) is 17.4 Å². The third-order valence-corrected chi connectivity index (χ3v) is 5.22. The van der Waals surface area contributed by atoms with Crippen LogP contribution in [0.5, 0.6) is 5.75 Å². The van der Waals surface area contributed by atoms with E-state index in [1.807, 2.05) is 48.5 Å². The van der Waals surface area contributed by atoms with Crippen LogP contribution in [0.4, 0.5) is 0 Å². The number of carbonyl (C=O) groups excluding carboxylic acids is 1. The van der Waals surface area contributed by atoms with Crippen molar-refractivity contribution in [1.82, 2.24) is 10.4 Å². The van der Waals surface area contributed by atoms with Gasteiger partial charge in [0, 0.05) is 0 Å². The van der Waals surface area contributed by atoms with Crippen molar-refractivity contribution in [3.63, 3.8) is 0 Å². The topological polar surface area (TPSA) is 76.7 Å². The SMILES string of the molecule is Cc1ccc(COc2cccc(C=NNC(=O)CSc3nc4ccccc4o3)c2)cc1. The first kappa shape index (κ1) is 20.7. The van der Waals surface area contributed by atoms with Gasteiger partial charge in [-0.15, -0.1) is 0 Å². The predicted octanol–water partition coefficient (Wildman–Crippen LogP) is 4.96. The molecule has 1 N–H and O–H groups in total. The van der Waals surface area contributed by atoms with Crippen LogP contribution in [0.2, 0.25) is 0 Å². The largest absolute Gasteiger partial charge is 0.489 e. The fourth-order valence-electron chi connectivity index (χ4n) is 2.79. The van der Waals surface area contributed by atoms with Crippen molar-refractivity contribution in [1.29, 1.82) is 0 Å². The Hall–Kier alpha value is -3.58. The number of aryl methyl sites for hydroxylation is 1. The highest BCUT2D eigenvalue weighted by Gasteiger charge is 2.08. The van der Waals surface area contributed by atoms with Crippen molar-refractivity contribution in [2.45, 2.75) is 18.8 Å². The number of benzene rings is 3. The molecule has 1 heterocycles. The van der Waals surface area contributed by atoms with Crippen LogP contribution < -0.4 is 10.2 Å². The molecule has 0 aliphatic heterocycles. The number of nitrogens with one attached hydrogen (secondary N) is 1. The number of ether oxygens (including phenoxy) is 1. The van der Waals surface area contributed by atoms with Crippen LogP contribution in [0.25, 0.3) is 11.1 Å². The summed E-state index contributed by atoms with van der Waals surface area (Å²) < 4.78 is 11.4. The van der Waals surface area contributed by atoms with E-state index >= 15 is 0 Å². The third kappa shape index (κ3) is 5.96. The summed E-state index contributed by atoms with van der Waals surface area (Å²) >= 11 is 1.22. The average molecular weight is 432 g/mol. The zero-order valence-electron chi connectivity index (χ0n) is 16.9. The number of nitrogens with zero attached hydrogens (tertiary/aromatic N) is 2. The minimum Gasteiger partial charge on any atom is -0.489 e. The number of amides is 1. The van der Waals surface area contributed by atoms with E-state index < -0.39 is 0 Å².